The molecule has 0 heterocycles. The highest BCUT2D eigenvalue weighted by atomic mass is 35.5. The van der Waals surface area contributed by atoms with Gasteiger partial charge in [0.05, 0.1) is 21.8 Å². The van der Waals surface area contributed by atoms with E-state index in [1.807, 2.05) is 5.43 Å². The molecular weight excluding hydrogens is 371 g/mol. The summed E-state index contributed by atoms with van der Waals surface area (Å²) in [6, 6.07) is 9.99. The molecule has 25 heavy (non-hydrogen) atoms. The van der Waals surface area contributed by atoms with Crippen molar-refractivity contribution in [2.24, 2.45) is 5.10 Å². The van der Waals surface area contributed by atoms with Crippen LogP contribution in [0.5, 0.6) is 0 Å². The zero-order valence-corrected chi connectivity index (χ0v) is 13.9. The first-order chi connectivity index (χ1) is 11.9. The summed E-state index contributed by atoms with van der Waals surface area (Å²) >= 11 is 11.7. The largest absolute Gasteiger partial charge is 0.329 e. The average molecular weight is 381 g/mol. The molecule has 10 heteroatoms. The number of nitrogens with zero attached hydrogens (tertiary/aromatic N) is 2. The van der Waals surface area contributed by atoms with Crippen molar-refractivity contribution in [3.8, 4) is 0 Å². The van der Waals surface area contributed by atoms with Gasteiger partial charge in [0.15, 0.2) is 0 Å². The highest BCUT2D eigenvalue weighted by Crippen LogP contribution is 2.25. The van der Waals surface area contributed by atoms with Crippen molar-refractivity contribution in [3.63, 3.8) is 0 Å². The number of hydrogen-bond acceptors (Lipinski definition) is 5. The maximum absolute atomic E-state index is 11.8. The summed E-state index contributed by atoms with van der Waals surface area (Å²) in [7, 11) is 0. The second-order valence-electron chi connectivity index (χ2n) is 4.63. The lowest BCUT2D eigenvalue weighted by molar-refractivity contribution is -0.384. The molecule has 0 aromatic heterocycles. The average Bonchev–Trinajstić information content (AvgIpc) is 2.58. The van der Waals surface area contributed by atoms with E-state index in [1.54, 1.807) is 6.07 Å². The third-order valence-corrected chi connectivity index (χ3v) is 3.41. The zero-order chi connectivity index (χ0) is 18.4. The van der Waals surface area contributed by atoms with Gasteiger partial charge in [0.2, 0.25) is 0 Å². The zero-order valence-electron chi connectivity index (χ0n) is 12.4. The third-order valence-electron chi connectivity index (χ3n) is 2.84. The van der Waals surface area contributed by atoms with Gasteiger partial charge in [-0.3, -0.25) is 19.7 Å². The van der Waals surface area contributed by atoms with E-state index in [2.05, 4.69) is 10.4 Å². The number of benzene rings is 2. The molecule has 2 amide bonds. The summed E-state index contributed by atoms with van der Waals surface area (Å²) in [5, 5.41) is 17.1. The van der Waals surface area contributed by atoms with Gasteiger partial charge in [-0.05, 0) is 18.2 Å². The Morgan fingerprint density at radius 2 is 1.88 bits per heavy atom. The van der Waals surface area contributed by atoms with E-state index in [0.29, 0.717) is 10.6 Å². The number of amides is 2. The van der Waals surface area contributed by atoms with Crippen LogP contribution in [0.2, 0.25) is 10.0 Å². The summed E-state index contributed by atoms with van der Waals surface area (Å²) in [6.07, 6.45) is 1.17. The van der Waals surface area contributed by atoms with Crippen molar-refractivity contribution in [1.82, 2.24) is 5.43 Å². The Morgan fingerprint density at radius 1 is 1.12 bits per heavy atom. The highest BCUT2D eigenvalue weighted by Gasteiger charge is 2.14. The predicted octanol–water partition coefficient (Wildman–Crippen LogP) is 2.99. The van der Waals surface area contributed by atoms with E-state index in [9.17, 15) is 19.7 Å². The quantitative estimate of drug-likeness (QED) is 0.367. The topological polar surface area (TPSA) is 114 Å². The fraction of sp³-hybridized carbons (Fsp3) is 0. The summed E-state index contributed by atoms with van der Waals surface area (Å²) < 4.78 is 0. The van der Waals surface area contributed by atoms with Crippen molar-refractivity contribution in [1.29, 1.82) is 0 Å². The van der Waals surface area contributed by atoms with Crippen LogP contribution in [-0.2, 0) is 9.59 Å². The van der Waals surface area contributed by atoms with E-state index in [0.717, 1.165) is 0 Å². The van der Waals surface area contributed by atoms with Gasteiger partial charge >= 0.3 is 11.8 Å². The second kappa shape index (κ2) is 8.22. The van der Waals surface area contributed by atoms with Gasteiger partial charge in [0.1, 0.15) is 0 Å². The van der Waals surface area contributed by atoms with Gasteiger partial charge in [0.25, 0.3) is 5.69 Å². The molecule has 2 N–H and O–H groups in total. The molecule has 0 fully saturated rings. The number of nitro groups is 1. The van der Waals surface area contributed by atoms with Gasteiger partial charge in [-0.15, -0.1) is 0 Å². The van der Waals surface area contributed by atoms with Crippen LogP contribution in [0.25, 0.3) is 0 Å². The molecule has 0 spiro atoms. The lowest BCUT2D eigenvalue weighted by Gasteiger charge is -2.06. The third kappa shape index (κ3) is 5.27. The Bertz CT molecular complexity index is 870. The Kier molecular flexibility index (Phi) is 6.04. The number of hydrogen-bond donors (Lipinski definition) is 2. The first-order valence-corrected chi connectivity index (χ1v) is 7.46. The molecule has 0 unspecified atom stereocenters. The van der Waals surface area contributed by atoms with Gasteiger partial charge < -0.3 is 5.32 Å². The number of hydrazone groups is 1. The van der Waals surface area contributed by atoms with Crippen molar-refractivity contribution in [2.45, 2.75) is 0 Å². The van der Waals surface area contributed by atoms with E-state index >= 15 is 0 Å². The summed E-state index contributed by atoms with van der Waals surface area (Å²) in [5.41, 5.74) is 2.44. The Hall–Kier alpha value is -2.97. The van der Waals surface area contributed by atoms with E-state index < -0.39 is 16.7 Å². The van der Waals surface area contributed by atoms with Crippen molar-refractivity contribution < 1.29 is 14.5 Å². The summed E-state index contributed by atoms with van der Waals surface area (Å²) in [4.78, 5) is 33.6. The normalized spacial score (nSPS) is 10.5. The number of nitro benzene ring substituents is 1. The smallest absolute Gasteiger partial charge is 0.316 e. The van der Waals surface area contributed by atoms with E-state index in [1.165, 1.54) is 42.6 Å². The lowest BCUT2D eigenvalue weighted by atomic mass is 10.2. The highest BCUT2D eigenvalue weighted by molar-refractivity contribution is 6.42. The van der Waals surface area contributed by atoms with Gasteiger partial charge in [0, 0.05) is 22.7 Å². The van der Waals surface area contributed by atoms with Crippen LogP contribution in [0.4, 0.5) is 11.4 Å². The Morgan fingerprint density at radius 3 is 2.60 bits per heavy atom. The van der Waals surface area contributed by atoms with Crippen LogP contribution >= 0.6 is 23.2 Å². The van der Waals surface area contributed by atoms with E-state index in [4.69, 9.17) is 23.2 Å². The molecule has 0 atom stereocenters. The minimum Gasteiger partial charge on any atom is -0.316 e. The fourth-order valence-electron chi connectivity index (χ4n) is 1.71. The van der Waals surface area contributed by atoms with Crippen LogP contribution in [0.15, 0.2) is 47.6 Å². The van der Waals surface area contributed by atoms with Gasteiger partial charge in [-0.1, -0.05) is 35.3 Å². The molecule has 0 aliphatic carbocycles. The van der Waals surface area contributed by atoms with Gasteiger partial charge in [-0.2, -0.15) is 5.10 Å². The number of rotatable bonds is 4. The fourth-order valence-corrected chi connectivity index (χ4v) is 2.04. The molecule has 2 aromatic rings. The molecule has 2 aromatic carbocycles. The lowest BCUT2D eigenvalue weighted by Crippen LogP contribution is -2.32. The molecule has 0 aliphatic rings. The molecule has 0 saturated carbocycles. The van der Waals surface area contributed by atoms with Crippen LogP contribution in [0.3, 0.4) is 0 Å². The molecule has 0 bridgehead atoms. The standard InChI is InChI=1S/C15H10Cl2N4O4/c16-10-4-5-12(17)13(7-10)19-14(22)15(23)20-18-8-9-2-1-3-11(6-9)21(24)25/h1-8H,(H,19,22)(H,20,23)/b18-8+. The van der Waals surface area contributed by atoms with E-state index in [-0.39, 0.29) is 16.4 Å². The molecule has 8 nitrogen and oxygen atoms in total. The maximum atomic E-state index is 11.8. The number of anilines is 1. The van der Waals surface area contributed by atoms with Crippen LogP contribution < -0.4 is 10.7 Å². The monoisotopic (exact) mass is 380 g/mol. The van der Waals surface area contributed by atoms with Crippen LogP contribution in [0.1, 0.15) is 5.56 Å². The molecular formula is C15H10Cl2N4O4. The first-order valence-electron chi connectivity index (χ1n) is 6.70. The SMILES string of the molecule is O=C(N/N=C/c1cccc([N+](=O)[O-])c1)C(=O)Nc1cc(Cl)ccc1Cl. The predicted molar refractivity (Wildman–Crippen MR) is 93.9 cm³/mol. The molecule has 0 saturated heterocycles. The Balaban J connectivity index is 1.97. The van der Waals surface area contributed by atoms with Gasteiger partial charge in [-0.25, -0.2) is 5.43 Å². The number of nitrogens with one attached hydrogen (secondary N) is 2. The number of non-ortho nitro benzene ring substituents is 1. The summed E-state index contributed by atoms with van der Waals surface area (Å²) in [5.74, 6) is -2.04. The molecule has 2 rings (SSSR count). The Labute approximate surface area is 151 Å². The van der Waals surface area contributed by atoms with Crippen LogP contribution in [-0.4, -0.2) is 23.0 Å². The molecule has 0 aliphatic heterocycles. The summed E-state index contributed by atoms with van der Waals surface area (Å²) in [6.45, 7) is 0. The number of halogens is 2. The number of carbonyl (C=O) groups excluding carboxylic acids is 2. The molecule has 0 radical (unpaired) electrons. The van der Waals surface area contributed by atoms with Crippen molar-refractivity contribution in [3.05, 3.63) is 68.2 Å². The number of carbonyl (C=O) groups is 2. The minimum atomic E-state index is -1.04. The van der Waals surface area contributed by atoms with Crippen LogP contribution in [0, 0.1) is 10.1 Å². The van der Waals surface area contributed by atoms with Crippen molar-refractivity contribution in [2.75, 3.05) is 5.32 Å². The van der Waals surface area contributed by atoms with Crippen molar-refractivity contribution >= 4 is 52.6 Å². The first kappa shape index (κ1) is 18.4. The maximum Gasteiger partial charge on any atom is 0.329 e. The molecule has 128 valence electrons. The second-order valence-corrected chi connectivity index (χ2v) is 5.47. The minimum absolute atomic E-state index is 0.122.